The number of hydrogen-bond donors (Lipinski definition) is 4. The van der Waals surface area contributed by atoms with Crippen LogP contribution in [0.25, 0.3) is 0 Å². The topological polar surface area (TPSA) is 98.7 Å². The molecule has 0 aliphatic rings. The van der Waals surface area contributed by atoms with Crippen LogP contribution < -0.4 is 10.6 Å². The average Bonchev–Trinajstić information content (AvgIpc) is 3.05. The summed E-state index contributed by atoms with van der Waals surface area (Å²) in [5.41, 5.74) is -3.61. The van der Waals surface area contributed by atoms with E-state index in [1.54, 1.807) is 13.8 Å². The lowest BCUT2D eigenvalue weighted by Gasteiger charge is -2.47. The fraction of sp³-hybridized carbons (Fsp3) is 0.366. The van der Waals surface area contributed by atoms with Crippen molar-refractivity contribution in [2.75, 3.05) is 0 Å². The molecule has 0 unspecified atom stereocenters. The Morgan fingerprint density at radius 2 is 0.660 bits per heavy atom. The van der Waals surface area contributed by atoms with Crippen molar-refractivity contribution in [2.45, 2.75) is 78.7 Å². The van der Waals surface area contributed by atoms with Gasteiger partial charge in [0.25, 0.3) is 0 Å². The summed E-state index contributed by atoms with van der Waals surface area (Å²) in [6, 6.07) is 35.5. The molecular weight excluding hydrogens is 584 g/mol. The van der Waals surface area contributed by atoms with Crippen molar-refractivity contribution in [3.63, 3.8) is 0 Å². The Labute approximate surface area is 280 Å². The maximum Gasteiger partial charge on any atom is 0.235 e. The van der Waals surface area contributed by atoms with Crippen molar-refractivity contribution in [1.82, 2.24) is 10.6 Å². The second-order valence-corrected chi connectivity index (χ2v) is 15.2. The fourth-order valence-electron chi connectivity index (χ4n) is 6.39. The highest BCUT2D eigenvalue weighted by atomic mass is 16.3. The predicted molar refractivity (Wildman–Crippen MR) is 188 cm³/mol. The van der Waals surface area contributed by atoms with E-state index >= 15 is 0 Å². The van der Waals surface area contributed by atoms with Crippen molar-refractivity contribution < 1.29 is 19.8 Å². The van der Waals surface area contributed by atoms with Crippen molar-refractivity contribution in [2.24, 2.45) is 16.2 Å². The summed E-state index contributed by atoms with van der Waals surface area (Å²) in [7, 11) is 0. The summed E-state index contributed by atoms with van der Waals surface area (Å²) in [4.78, 5) is 28.7. The lowest BCUT2D eigenvalue weighted by Crippen LogP contribution is -2.64. The van der Waals surface area contributed by atoms with E-state index in [4.69, 9.17) is 0 Å². The van der Waals surface area contributed by atoms with E-state index in [0.717, 1.165) is 0 Å². The molecule has 2 amide bonds. The average molecular weight is 635 g/mol. The zero-order valence-corrected chi connectivity index (χ0v) is 28.9. The summed E-state index contributed by atoms with van der Waals surface area (Å²) in [6.45, 7) is 14.9. The van der Waals surface area contributed by atoms with Gasteiger partial charge in [-0.3, -0.25) is 9.59 Å². The molecule has 0 aliphatic carbocycles. The Hall–Kier alpha value is -4.26. The predicted octanol–water partition coefficient (Wildman–Crippen LogP) is 6.95. The number of carbonyl (C=O) groups is 2. The van der Waals surface area contributed by atoms with E-state index in [9.17, 15) is 19.8 Å². The first-order valence-electron chi connectivity index (χ1n) is 16.2. The second-order valence-electron chi connectivity index (χ2n) is 15.2. The highest BCUT2D eigenvalue weighted by molar-refractivity contribution is 6.04. The normalized spacial score (nSPS) is 14.2. The van der Waals surface area contributed by atoms with Gasteiger partial charge in [-0.15, -0.1) is 0 Å². The molecule has 4 aromatic carbocycles. The maximum atomic E-state index is 14.3. The van der Waals surface area contributed by atoms with E-state index in [1.807, 2.05) is 163 Å². The molecule has 0 spiro atoms. The first-order valence-corrected chi connectivity index (χ1v) is 16.2. The van der Waals surface area contributed by atoms with Crippen LogP contribution in [0.15, 0.2) is 121 Å². The van der Waals surface area contributed by atoms with Crippen LogP contribution in [-0.2, 0) is 20.8 Å². The zero-order valence-electron chi connectivity index (χ0n) is 28.9. The van der Waals surface area contributed by atoms with Gasteiger partial charge in [-0.2, -0.15) is 0 Å². The van der Waals surface area contributed by atoms with Gasteiger partial charge in [-0.25, -0.2) is 0 Å². The Kier molecular flexibility index (Phi) is 10.2. The third-order valence-electron chi connectivity index (χ3n) is 9.11. The molecule has 6 heteroatoms. The first kappa shape index (κ1) is 35.6. The standard InChI is InChI=1S/C41H50N2O4/c1-37(2,3)33(40(46,29-21-13-9-14-22-29)30-23-15-10-16-24-30)42-35(44)39(7,8)36(45)43-34(38(4,5)6)41(47,31-25-17-11-18-26-31)32-27-19-12-20-28-32/h9-28,33-34,46-47H,1-8H3,(H,42,44)(H,43,45)/t33-,34-/m1/s1. The van der Waals surface area contributed by atoms with E-state index in [1.165, 1.54) is 0 Å². The molecule has 0 aliphatic heterocycles. The number of amides is 2. The Balaban J connectivity index is 1.75. The van der Waals surface area contributed by atoms with E-state index in [-0.39, 0.29) is 0 Å². The quantitative estimate of drug-likeness (QED) is 0.142. The number of carbonyl (C=O) groups excluding carboxylic acids is 2. The maximum absolute atomic E-state index is 14.3. The van der Waals surface area contributed by atoms with Crippen molar-refractivity contribution >= 4 is 11.8 Å². The van der Waals surface area contributed by atoms with Gasteiger partial charge in [-0.1, -0.05) is 163 Å². The SMILES string of the molecule is CC(C)(C(=O)N[C@H](C(C)(C)C)C(O)(c1ccccc1)c1ccccc1)C(=O)N[C@H](C(C)(C)C)C(O)(c1ccccc1)c1ccccc1. The van der Waals surface area contributed by atoms with Gasteiger partial charge in [0.05, 0.1) is 12.1 Å². The van der Waals surface area contributed by atoms with Gasteiger partial charge in [0.1, 0.15) is 16.6 Å². The molecule has 0 radical (unpaired) electrons. The van der Waals surface area contributed by atoms with Gasteiger partial charge in [0.2, 0.25) is 11.8 Å². The van der Waals surface area contributed by atoms with E-state index < -0.39 is 51.3 Å². The Bertz CT molecular complexity index is 1420. The van der Waals surface area contributed by atoms with Gasteiger partial charge in [-0.05, 0) is 46.9 Å². The number of benzene rings is 4. The largest absolute Gasteiger partial charge is 0.378 e. The highest BCUT2D eigenvalue weighted by Crippen LogP contribution is 2.43. The number of hydrogen-bond acceptors (Lipinski definition) is 4. The molecular formula is C41H50N2O4. The summed E-state index contributed by atoms with van der Waals surface area (Å²) >= 11 is 0. The molecule has 4 N–H and O–H groups in total. The van der Waals surface area contributed by atoms with Crippen LogP contribution in [0.2, 0.25) is 0 Å². The molecule has 0 saturated carbocycles. The van der Waals surface area contributed by atoms with Crippen LogP contribution in [0.1, 0.15) is 77.6 Å². The summed E-state index contributed by atoms with van der Waals surface area (Å²) < 4.78 is 0. The Morgan fingerprint density at radius 1 is 0.447 bits per heavy atom. The van der Waals surface area contributed by atoms with Gasteiger partial charge in [0, 0.05) is 0 Å². The molecule has 248 valence electrons. The number of aliphatic hydroxyl groups is 2. The number of nitrogens with one attached hydrogen (secondary N) is 2. The van der Waals surface area contributed by atoms with Crippen molar-refractivity contribution in [3.05, 3.63) is 144 Å². The molecule has 0 heterocycles. The highest BCUT2D eigenvalue weighted by Gasteiger charge is 2.52. The molecule has 4 aromatic rings. The third kappa shape index (κ3) is 7.19. The monoisotopic (exact) mass is 634 g/mol. The molecule has 2 atom stereocenters. The smallest absolute Gasteiger partial charge is 0.235 e. The molecule has 6 nitrogen and oxygen atoms in total. The summed E-state index contributed by atoms with van der Waals surface area (Å²) in [6.07, 6.45) is 0. The van der Waals surface area contributed by atoms with Crippen LogP contribution in [-0.4, -0.2) is 34.1 Å². The summed E-state index contributed by atoms with van der Waals surface area (Å²) in [5.74, 6) is -1.09. The molecule has 47 heavy (non-hydrogen) atoms. The molecule has 4 rings (SSSR count). The first-order chi connectivity index (χ1) is 21.9. The van der Waals surface area contributed by atoms with Gasteiger partial charge < -0.3 is 20.8 Å². The minimum Gasteiger partial charge on any atom is -0.378 e. The fourth-order valence-corrected chi connectivity index (χ4v) is 6.39. The molecule has 0 bridgehead atoms. The number of rotatable bonds is 10. The van der Waals surface area contributed by atoms with Crippen LogP contribution in [0, 0.1) is 16.2 Å². The van der Waals surface area contributed by atoms with Crippen LogP contribution in [0.5, 0.6) is 0 Å². The minimum absolute atomic E-state index is 0.546. The van der Waals surface area contributed by atoms with E-state index in [0.29, 0.717) is 22.3 Å². The van der Waals surface area contributed by atoms with Gasteiger partial charge in [0.15, 0.2) is 0 Å². The van der Waals surface area contributed by atoms with Crippen molar-refractivity contribution in [1.29, 1.82) is 0 Å². The van der Waals surface area contributed by atoms with Crippen LogP contribution >= 0.6 is 0 Å². The van der Waals surface area contributed by atoms with Crippen LogP contribution in [0.4, 0.5) is 0 Å². The van der Waals surface area contributed by atoms with E-state index in [2.05, 4.69) is 10.6 Å². The molecule has 0 saturated heterocycles. The van der Waals surface area contributed by atoms with Crippen LogP contribution in [0.3, 0.4) is 0 Å². The summed E-state index contributed by atoms with van der Waals surface area (Å²) in [5, 5.41) is 31.6. The Morgan fingerprint density at radius 3 is 0.851 bits per heavy atom. The molecule has 0 aromatic heterocycles. The van der Waals surface area contributed by atoms with Gasteiger partial charge >= 0.3 is 0 Å². The van der Waals surface area contributed by atoms with Crippen molar-refractivity contribution in [3.8, 4) is 0 Å². The molecule has 0 fully saturated rings. The lowest BCUT2D eigenvalue weighted by molar-refractivity contribution is -0.146. The minimum atomic E-state index is -1.61. The second kappa shape index (κ2) is 13.5. The zero-order chi connectivity index (χ0) is 34.7. The third-order valence-corrected chi connectivity index (χ3v) is 9.11. The lowest BCUT2D eigenvalue weighted by atomic mass is 9.69.